The maximum Gasteiger partial charge on any atom is 0.251 e. The van der Waals surface area contributed by atoms with Crippen molar-refractivity contribution < 1.29 is 9.18 Å². The molecule has 0 spiro atoms. The summed E-state index contributed by atoms with van der Waals surface area (Å²) in [6, 6.07) is 0. The standard InChI is InChI=1S/C6H13FN2O/c7-5(6(9)10)3-1-2-4-8/h5H,1-4,8H2,(H2,9,10)/t5-/m0/s1. The molecule has 4 N–H and O–H groups in total. The van der Waals surface area contributed by atoms with Crippen LogP contribution < -0.4 is 11.5 Å². The van der Waals surface area contributed by atoms with Gasteiger partial charge in [-0.1, -0.05) is 0 Å². The zero-order valence-corrected chi connectivity index (χ0v) is 5.85. The Hall–Kier alpha value is -0.640. The molecule has 1 amide bonds. The lowest BCUT2D eigenvalue weighted by Crippen LogP contribution is -2.24. The van der Waals surface area contributed by atoms with Gasteiger partial charge < -0.3 is 11.5 Å². The van der Waals surface area contributed by atoms with Crippen molar-refractivity contribution in [3.63, 3.8) is 0 Å². The molecule has 0 bridgehead atoms. The lowest BCUT2D eigenvalue weighted by Gasteiger charge is -2.01. The number of alkyl halides is 1. The van der Waals surface area contributed by atoms with Crippen molar-refractivity contribution in [2.24, 2.45) is 11.5 Å². The molecule has 1 atom stereocenters. The van der Waals surface area contributed by atoms with Crippen LogP contribution in [0.3, 0.4) is 0 Å². The first-order valence-electron chi connectivity index (χ1n) is 3.32. The van der Waals surface area contributed by atoms with Crippen LogP contribution in [0.15, 0.2) is 0 Å². The van der Waals surface area contributed by atoms with E-state index in [2.05, 4.69) is 5.73 Å². The van der Waals surface area contributed by atoms with E-state index in [-0.39, 0.29) is 6.42 Å². The number of halogens is 1. The molecule has 0 rings (SSSR count). The molecule has 0 aromatic heterocycles. The van der Waals surface area contributed by atoms with Gasteiger partial charge in [-0.2, -0.15) is 0 Å². The van der Waals surface area contributed by atoms with Crippen LogP contribution in [0.4, 0.5) is 4.39 Å². The highest BCUT2D eigenvalue weighted by Crippen LogP contribution is 2.02. The van der Waals surface area contributed by atoms with Crippen molar-refractivity contribution in [2.45, 2.75) is 25.4 Å². The molecule has 10 heavy (non-hydrogen) atoms. The summed E-state index contributed by atoms with van der Waals surface area (Å²) in [4.78, 5) is 10.1. The van der Waals surface area contributed by atoms with Crippen LogP contribution in [0.25, 0.3) is 0 Å². The van der Waals surface area contributed by atoms with E-state index in [1.54, 1.807) is 0 Å². The van der Waals surface area contributed by atoms with Gasteiger partial charge >= 0.3 is 0 Å². The van der Waals surface area contributed by atoms with E-state index in [1.807, 2.05) is 0 Å². The average Bonchev–Trinajstić information content (AvgIpc) is 1.88. The molecule has 0 aliphatic heterocycles. The number of amides is 1. The van der Waals surface area contributed by atoms with E-state index in [9.17, 15) is 9.18 Å². The van der Waals surface area contributed by atoms with Crippen LogP contribution in [0.2, 0.25) is 0 Å². The Labute approximate surface area is 59.6 Å². The van der Waals surface area contributed by atoms with Gasteiger partial charge in [0.2, 0.25) is 0 Å². The summed E-state index contributed by atoms with van der Waals surface area (Å²) in [6.45, 7) is 0.533. The summed E-state index contributed by atoms with van der Waals surface area (Å²) in [6.07, 6.45) is 0.0763. The molecule has 3 nitrogen and oxygen atoms in total. The molecule has 0 aromatic carbocycles. The van der Waals surface area contributed by atoms with Crippen molar-refractivity contribution in [1.82, 2.24) is 0 Å². The minimum absolute atomic E-state index is 0.201. The average molecular weight is 148 g/mol. The maximum absolute atomic E-state index is 12.3. The van der Waals surface area contributed by atoms with Gasteiger partial charge in [-0.05, 0) is 25.8 Å². The molecule has 0 saturated carbocycles. The third kappa shape index (κ3) is 4.26. The van der Waals surface area contributed by atoms with Crippen molar-refractivity contribution in [2.75, 3.05) is 6.54 Å². The molecule has 0 aromatic rings. The Bertz CT molecular complexity index is 108. The molecule has 4 heteroatoms. The van der Waals surface area contributed by atoms with Crippen LogP contribution in [0, 0.1) is 0 Å². The molecule has 0 saturated heterocycles. The van der Waals surface area contributed by atoms with Gasteiger partial charge in [0.15, 0.2) is 6.17 Å². The molecular formula is C6H13FN2O. The van der Waals surface area contributed by atoms with Crippen molar-refractivity contribution in [1.29, 1.82) is 0 Å². The lowest BCUT2D eigenvalue weighted by molar-refractivity contribution is -0.122. The highest BCUT2D eigenvalue weighted by Gasteiger charge is 2.11. The van der Waals surface area contributed by atoms with E-state index >= 15 is 0 Å². The number of rotatable bonds is 5. The summed E-state index contributed by atoms with van der Waals surface area (Å²) in [7, 11) is 0. The molecule has 0 unspecified atom stereocenters. The number of carbonyl (C=O) groups is 1. The fourth-order valence-corrected chi connectivity index (χ4v) is 0.610. The van der Waals surface area contributed by atoms with Crippen molar-refractivity contribution >= 4 is 5.91 Å². The summed E-state index contributed by atoms with van der Waals surface area (Å²) in [5.74, 6) is -0.878. The van der Waals surface area contributed by atoms with Gasteiger partial charge in [-0.25, -0.2) is 4.39 Å². The van der Waals surface area contributed by atoms with E-state index < -0.39 is 12.1 Å². The topological polar surface area (TPSA) is 69.1 Å². The van der Waals surface area contributed by atoms with Crippen molar-refractivity contribution in [3.8, 4) is 0 Å². The second kappa shape index (κ2) is 5.17. The van der Waals surface area contributed by atoms with Gasteiger partial charge in [0, 0.05) is 0 Å². The molecular weight excluding hydrogens is 135 g/mol. The van der Waals surface area contributed by atoms with E-state index in [0.29, 0.717) is 13.0 Å². The Morgan fingerprint density at radius 2 is 2.10 bits per heavy atom. The molecule has 60 valence electrons. The van der Waals surface area contributed by atoms with Gasteiger partial charge in [0.05, 0.1) is 0 Å². The SMILES string of the molecule is NCCCC[C@H](F)C(N)=O. The first kappa shape index (κ1) is 9.36. The number of hydrogen-bond acceptors (Lipinski definition) is 2. The monoisotopic (exact) mass is 148 g/mol. The van der Waals surface area contributed by atoms with Crippen LogP contribution in [-0.4, -0.2) is 18.6 Å². The van der Waals surface area contributed by atoms with Gasteiger partial charge in [-0.3, -0.25) is 4.79 Å². The third-order valence-electron chi connectivity index (χ3n) is 1.22. The highest BCUT2D eigenvalue weighted by atomic mass is 19.1. The molecule has 0 heterocycles. The first-order chi connectivity index (χ1) is 4.68. The second-order valence-corrected chi connectivity index (χ2v) is 2.15. The quantitative estimate of drug-likeness (QED) is 0.536. The van der Waals surface area contributed by atoms with Crippen LogP contribution >= 0.6 is 0 Å². The molecule has 0 radical (unpaired) electrons. The summed E-state index contributed by atoms with van der Waals surface area (Å²) in [5, 5.41) is 0. The van der Waals surface area contributed by atoms with E-state index in [0.717, 1.165) is 6.42 Å². The maximum atomic E-state index is 12.3. The van der Waals surface area contributed by atoms with Crippen LogP contribution in [0.1, 0.15) is 19.3 Å². The zero-order valence-electron chi connectivity index (χ0n) is 5.85. The fourth-order valence-electron chi connectivity index (χ4n) is 0.610. The summed E-state index contributed by atoms with van der Waals surface area (Å²) < 4.78 is 12.3. The minimum atomic E-state index is -1.49. The van der Waals surface area contributed by atoms with Gasteiger partial charge in [0.1, 0.15) is 0 Å². The van der Waals surface area contributed by atoms with Crippen LogP contribution in [-0.2, 0) is 4.79 Å². The summed E-state index contributed by atoms with van der Waals surface area (Å²) in [5.41, 5.74) is 9.83. The van der Waals surface area contributed by atoms with E-state index in [1.165, 1.54) is 0 Å². The number of unbranched alkanes of at least 4 members (excludes halogenated alkanes) is 1. The number of nitrogens with two attached hydrogens (primary N) is 2. The Morgan fingerprint density at radius 3 is 2.50 bits per heavy atom. The molecule has 0 fully saturated rings. The van der Waals surface area contributed by atoms with E-state index in [4.69, 9.17) is 5.73 Å². The smallest absolute Gasteiger partial charge is 0.251 e. The van der Waals surface area contributed by atoms with Gasteiger partial charge in [-0.15, -0.1) is 0 Å². The molecule has 0 aliphatic rings. The number of primary amides is 1. The largest absolute Gasteiger partial charge is 0.367 e. The Kier molecular flexibility index (Phi) is 4.84. The van der Waals surface area contributed by atoms with Crippen molar-refractivity contribution in [3.05, 3.63) is 0 Å². The second-order valence-electron chi connectivity index (χ2n) is 2.15. The summed E-state index contributed by atoms with van der Waals surface area (Å²) >= 11 is 0. The lowest BCUT2D eigenvalue weighted by atomic mass is 10.1. The number of hydrogen-bond donors (Lipinski definition) is 2. The Morgan fingerprint density at radius 1 is 1.50 bits per heavy atom. The molecule has 0 aliphatic carbocycles. The Balaban J connectivity index is 3.21. The zero-order chi connectivity index (χ0) is 7.98. The normalized spacial score (nSPS) is 13.0. The first-order valence-corrected chi connectivity index (χ1v) is 3.32. The third-order valence-corrected chi connectivity index (χ3v) is 1.22. The predicted octanol–water partition coefficient (Wildman–Crippen LogP) is -0.0612. The number of carbonyl (C=O) groups excluding carboxylic acids is 1. The fraction of sp³-hybridized carbons (Fsp3) is 0.833. The van der Waals surface area contributed by atoms with Crippen LogP contribution in [0.5, 0.6) is 0 Å². The van der Waals surface area contributed by atoms with Gasteiger partial charge in [0.25, 0.3) is 5.91 Å². The predicted molar refractivity (Wildman–Crippen MR) is 37.0 cm³/mol. The minimum Gasteiger partial charge on any atom is -0.367 e. The highest BCUT2D eigenvalue weighted by molar-refractivity contribution is 5.78.